The van der Waals surface area contributed by atoms with Crippen molar-refractivity contribution in [3.8, 4) is 11.5 Å². The molecule has 102 valence electrons. The number of aliphatic hydroxyl groups excluding tert-OH is 1. The van der Waals surface area contributed by atoms with Crippen LogP contribution in [-0.4, -0.2) is 28.6 Å². The molecule has 1 aromatic heterocycles. The molecule has 0 bridgehead atoms. The molecule has 0 radical (unpaired) electrons. The van der Waals surface area contributed by atoms with Crippen LogP contribution >= 0.6 is 0 Å². The summed E-state index contributed by atoms with van der Waals surface area (Å²) in [6, 6.07) is 7.36. The number of aromatic nitrogens is 2. The Bertz CT molecular complexity index is 537. The summed E-state index contributed by atoms with van der Waals surface area (Å²) in [5.74, 6) is 1.37. The summed E-state index contributed by atoms with van der Waals surface area (Å²) in [5, 5.41) is 13.4. The number of nitrogens with zero attached hydrogens (tertiary/aromatic N) is 2. The van der Waals surface area contributed by atoms with Crippen LogP contribution in [0, 0.1) is 0 Å². The van der Waals surface area contributed by atoms with Crippen LogP contribution < -0.4 is 9.47 Å². The fraction of sp³-hybridized carbons (Fsp3) is 0.357. The van der Waals surface area contributed by atoms with Crippen LogP contribution in [0.5, 0.6) is 11.5 Å². The number of benzene rings is 1. The second kappa shape index (κ2) is 6.24. The van der Waals surface area contributed by atoms with Gasteiger partial charge in [0, 0.05) is 37.0 Å². The molecule has 1 aromatic carbocycles. The van der Waals surface area contributed by atoms with E-state index in [0.29, 0.717) is 18.1 Å². The van der Waals surface area contributed by atoms with E-state index in [9.17, 15) is 5.11 Å². The van der Waals surface area contributed by atoms with Crippen molar-refractivity contribution in [2.75, 3.05) is 13.7 Å². The van der Waals surface area contributed by atoms with Crippen LogP contribution in [0.1, 0.15) is 11.3 Å². The summed E-state index contributed by atoms with van der Waals surface area (Å²) in [6.45, 7) is 0.477. The highest BCUT2D eigenvalue weighted by Crippen LogP contribution is 2.25. The van der Waals surface area contributed by atoms with Gasteiger partial charge in [-0.25, -0.2) is 0 Å². The van der Waals surface area contributed by atoms with Crippen molar-refractivity contribution in [1.82, 2.24) is 9.78 Å². The minimum atomic E-state index is -0.0506. The molecule has 0 aliphatic carbocycles. The van der Waals surface area contributed by atoms with Gasteiger partial charge in [0.2, 0.25) is 0 Å². The molecule has 5 nitrogen and oxygen atoms in total. The normalized spacial score (nSPS) is 10.5. The summed E-state index contributed by atoms with van der Waals surface area (Å²) in [7, 11) is 3.51. The fourth-order valence-electron chi connectivity index (χ4n) is 1.84. The van der Waals surface area contributed by atoms with E-state index in [0.717, 1.165) is 17.7 Å². The molecule has 1 heterocycles. The lowest BCUT2D eigenvalue weighted by Crippen LogP contribution is -2.07. The van der Waals surface area contributed by atoms with Crippen molar-refractivity contribution in [2.45, 2.75) is 13.0 Å². The summed E-state index contributed by atoms with van der Waals surface area (Å²) in [5.41, 5.74) is 1.86. The standard InChI is InChI=1S/C14H18N2O3/c1-16-12(5-7-15-16)6-8-19-14-9-13(18-2)4-3-11(14)10-17/h3-5,7,9,17H,6,8,10H2,1-2H3. The van der Waals surface area contributed by atoms with Crippen molar-refractivity contribution in [3.05, 3.63) is 41.7 Å². The van der Waals surface area contributed by atoms with E-state index in [2.05, 4.69) is 5.10 Å². The maximum Gasteiger partial charge on any atom is 0.128 e. The van der Waals surface area contributed by atoms with Crippen molar-refractivity contribution < 1.29 is 14.6 Å². The van der Waals surface area contributed by atoms with Gasteiger partial charge in [-0.15, -0.1) is 0 Å². The minimum absolute atomic E-state index is 0.0506. The smallest absolute Gasteiger partial charge is 0.128 e. The van der Waals surface area contributed by atoms with Gasteiger partial charge < -0.3 is 14.6 Å². The van der Waals surface area contributed by atoms with E-state index >= 15 is 0 Å². The molecule has 0 aliphatic rings. The van der Waals surface area contributed by atoms with E-state index in [1.807, 2.05) is 17.8 Å². The molecule has 1 N–H and O–H groups in total. The van der Waals surface area contributed by atoms with Gasteiger partial charge in [0.15, 0.2) is 0 Å². The van der Waals surface area contributed by atoms with Crippen LogP contribution in [0.25, 0.3) is 0 Å². The topological polar surface area (TPSA) is 56.5 Å². The van der Waals surface area contributed by atoms with E-state index in [-0.39, 0.29) is 6.61 Å². The Morgan fingerprint density at radius 2 is 2.16 bits per heavy atom. The average Bonchev–Trinajstić information content (AvgIpc) is 2.84. The largest absolute Gasteiger partial charge is 0.497 e. The lowest BCUT2D eigenvalue weighted by Gasteiger charge is -2.11. The van der Waals surface area contributed by atoms with E-state index in [1.54, 1.807) is 31.5 Å². The molecule has 0 atom stereocenters. The number of aryl methyl sites for hydroxylation is 1. The Balaban J connectivity index is 2.00. The highest BCUT2D eigenvalue weighted by Gasteiger charge is 2.06. The third-order valence-electron chi connectivity index (χ3n) is 2.98. The van der Waals surface area contributed by atoms with Crippen LogP contribution in [0.4, 0.5) is 0 Å². The summed E-state index contributed by atoms with van der Waals surface area (Å²) < 4.78 is 12.7. The maximum atomic E-state index is 9.27. The molecule has 0 unspecified atom stereocenters. The molecule has 0 saturated carbocycles. The average molecular weight is 262 g/mol. The zero-order valence-corrected chi connectivity index (χ0v) is 11.2. The maximum absolute atomic E-state index is 9.27. The molecule has 0 saturated heterocycles. The van der Waals surface area contributed by atoms with Gasteiger partial charge in [-0.3, -0.25) is 4.68 Å². The molecule has 0 spiro atoms. The fourth-order valence-corrected chi connectivity index (χ4v) is 1.84. The van der Waals surface area contributed by atoms with Gasteiger partial charge in [-0.1, -0.05) is 0 Å². The molecule has 2 aromatic rings. The summed E-state index contributed by atoms with van der Waals surface area (Å²) >= 11 is 0. The second-order valence-corrected chi connectivity index (χ2v) is 4.18. The number of ether oxygens (including phenoxy) is 2. The van der Waals surface area contributed by atoms with Gasteiger partial charge in [-0.05, 0) is 18.2 Å². The Hall–Kier alpha value is -2.01. The van der Waals surface area contributed by atoms with E-state index in [1.165, 1.54) is 0 Å². The monoisotopic (exact) mass is 262 g/mol. The number of methoxy groups -OCH3 is 1. The Morgan fingerprint density at radius 3 is 2.79 bits per heavy atom. The first kappa shape index (κ1) is 13.4. The van der Waals surface area contributed by atoms with Crippen molar-refractivity contribution >= 4 is 0 Å². The second-order valence-electron chi connectivity index (χ2n) is 4.18. The first-order valence-corrected chi connectivity index (χ1v) is 6.12. The Morgan fingerprint density at radius 1 is 1.32 bits per heavy atom. The molecular weight excluding hydrogens is 244 g/mol. The van der Waals surface area contributed by atoms with Gasteiger partial charge in [-0.2, -0.15) is 5.10 Å². The predicted octanol–water partition coefficient (Wildman–Crippen LogP) is 1.54. The quantitative estimate of drug-likeness (QED) is 0.858. The number of hydrogen-bond donors (Lipinski definition) is 1. The van der Waals surface area contributed by atoms with Gasteiger partial charge in [0.05, 0.1) is 20.3 Å². The molecule has 5 heteroatoms. The molecular formula is C14H18N2O3. The van der Waals surface area contributed by atoms with Crippen LogP contribution in [0.3, 0.4) is 0 Å². The van der Waals surface area contributed by atoms with Gasteiger partial charge in [0.25, 0.3) is 0 Å². The molecule has 2 rings (SSSR count). The van der Waals surface area contributed by atoms with E-state index in [4.69, 9.17) is 9.47 Å². The summed E-state index contributed by atoms with van der Waals surface area (Å²) in [6.07, 6.45) is 2.53. The Kier molecular flexibility index (Phi) is 4.41. The third-order valence-corrected chi connectivity index (χ3v) is 2.98. The highest BCUT2D eigenvalue weighted by molar-refractivity contribution is 5.40. The summed E-state index contributed by atoms with van der Waals surface area (Å²) in [4.78, 5) is 0. The number of hydrogen-bond acceptors (Lipinski definition) is 4. The van der Waals surface area contributed by atoms with Crippen molar-refractivity contribution in [2.24, 2.45) is 7.05 Å². The third kappa shape index (κ3) is 3.26. The molecule has 19 heavy (non-hydrogen) atoms. The highest BCUT2D eigenvalue weighted by atomic mass is 16.5. The zero-order chi connectivity index (χ0) is 13.7. The lowest BCUT2D eigenvalue weighted by atomic mass is 10.2. The molecule has 0 amide bonds. The van der Waals surface area contributed by atoms with Crippen LogP contribution in [0.15, 0.2) is 30.5 Å². The SMILES string of the molecule is COc1ccc(CO)c(OCCc2ccnn2C)c1. The number of aliphatic hydroxyl groups is 1. The minimum Gasteiger partial charge on any atom is -0.497 e. The first-order valence-electron chi connectivity index (χ1n) is 6.12. The molecule has 0 fully saturated rings. The van der Waals surface area contributed by atoms with Crippen molar-refractivity contribution in [1.29, 1.82) is 0 Å². The first-order chi connectivity index (χ1) is 9.24. The van der Waals surface area contributed by atoms with Crippen LogP contribution in [0.2, 0.25) is 0 Å². The van der Waals surface area contributed by atoms with E-state index < -0.39 is 0 Å². The van der Waals surface area contributed by atoms with Gasteiger partial charge in [0.1, 0.15) is 11.5 Å². The lowest BCUT2D eigenvalue weighted by molar-refractivity contribution is 0.262. The Labute approximate surface area is 112 Å². The molecule has 0 aliphatic heterocycles. The van der Waals surface area contributed by atoms with Gasteiger partial charge >= 0.3 is 0 Å². The van der Waals surface area contributed by atoms with Crippen LogP contribution in [-0.2, 0) is 20.1 Å². The zero-order valence-electron chi connectivity index (χ0n) is 11.2. The predicted molar refractivity (Wildman–Crippen MR) is 71.3 cm³/mol. The van der Waals surface area contributed by atoms with Crippen molar-refractivity contribution in [3.63, 3.8) is 0 Å². The number of rotatable bonds is 6.